The highest BCUT2D eigenvalue weighted by molar-refractivity contribution is 7.89. The number of rotatable bonds is 5. The van der Waals surface area contributed by atoms with E-state index in [1.807, 2.05) is 26.0 Å². The number of nitrogens with zero attached hydrogens (tertiary/aromatic N) is 2. The first-order valence-corrected chi connectivity index (χ1v) is 12.4. The number of hydrogen-bond donors (Lipinski definition) is 3. The van der Waals surface area contributed by atoms with Crippen LogP contribution in [0.4, 0.5) is 5.69 Å². The average molecular weight is 469 g/mol. The van der Waals surface area contributed by atoms with Crippen LogP contribution in [0.5, 0.6) is 5.75 Å². The van der Waals surface area contributed by atoms with Crippen LogP contribution in [0.3, 0.4) is 0 Å². The van der Waals surface area contributed by atoms with E-state index in [2.05, 4.69) is 22.4 Å². The minimum Gasteiger partial charge on any atom is -0.507 e. The molecule has 0 aliphatic carbocycles. The van der Waals surface area contributed by atoms with Gasteiger partial charge in [-0.05, 0) is 80.1 Å². The number of hydrogen-bond acceptors (Lipinski definition) is 5. The Balaban J connectivity index is 1.48. The van der Waals surface area contributed by atoms with E-state index in [0.29, 0.717) is 36.0 Å². The third kappa shape index (κ3) is 4.79. The molecule has 3 aromatic rings. The van der Waals surface area contributed by atoms with E-state index in [1.54, 1.807) is 18.2 Å². The van der Waals surface area contributed by atoms with Crippen LogP contribution in [0, 0.1) is 19.8 Å². The number of aromatic hydroxyl groups is 1. The van der Waals surface area contributed by atoms with Gasteiger partial charge in [-0.2, -0.15) is 9.40 Å². The molecule has 0 saturated carbocycles. The van der Waals surface area contributed by atoms with E-state index in [1.165, 1.54) is 16.4 Å². The molecule has 0 bridgehead atoms. The summed E-state index contributed by atoms with van der Waals surface area (Å²) < 4.78 is 27.3. The van der Waals surface area contributed by atoms with Crippen molar-refractivity contribution in [2.75, 3.05) is 18.4 Å². The van der Waals surface area contributed by atoms with E-state index in [-0.39, 0.29) is 16.3 Å². The number of benzene rings is 2. The number of nitrogens with one attached hydrogen (secondary N) is 2. The second-order valence-corrected chi connectivity index (χ2v) is 10.7. The van der Waals surface area contributed by atoms with Crippen molar-refractivity contribution in [3.05, 3.63) is 59.3 Å². The maximum absolute atomic E-state index is 12.9. The van der Waals surface area contributed by atoms with Gasteiger partial charge in [0.25, 0.3) is 5.91 Å². The summed E-state index contributed by atoms with van der Waals surface area (Å²) >= 11 is 0. The molecule has 1 aromatic heterocycles. The van der Waals surface area contributed by atoms with Gasteiger partial charge < -0.3 is 10.4 Å². The van der Waals surface area contributed by atoms with Crippen LogP contribution in [0.2, 0.25) is 0 Å². The van der Waals surface area contributed by atoms with Crippen molar-refractivity contribution in [2.45, 2.75) is 38.5 Å². The second-order valence-electron chi connectivity index (χ2n) is 8.73. The zero-order valence-electron chi connectivity index (χ0n) is 18.9. The van der Waals surface area contributed by atoms with Gasteiger partial charge in [0.2, 0.25) is 10.0 Å². The molecule has 4 rings (SSSR count). The molecule has 1 fully saturated rings. The van der Waals surface area contributed by atoms with Gasteiger partial charge in [0.1, 0.15) is 11.4 Å². The third-order valence-electron chi connectivity index (χ3n) is 5.91. The topological polar surface area (TPSA) is 115 Å². The van der Waals surface area contributed by atoms with Gasteiger partial charge in [-0.25, -0.2) is 8.42 Å². The first kappa shape index (κ1) is 23.0. The van der Waals surface area contributed by atoms with Gasteiger partial charge in [0, 0.05) is 24.3 Å². The van der Waals surface area contributed by atoms with E-state index >= 15 is 0 Å². The van der Waals surface area contributed by atoms with E-state index in [9.17, 15) is 18.3 Å². The third-order valence-corrected chi connectivity index (χ3v) is 7.79. The second kappa shape index (κ2) is 8.99. The molecule has 9 heteroatoms. The highest BCUT2D eigenvalue weighted by atomic mass is 32.2. The highest BCUT2D eigenvalue weighted by Gasteiger charge is 2.28. The molecule has 1 amide bonds. The van der Waals surface area contributed by atoms with Crippen molar-refractivity contribution in [1.82, 2.24) is 14.5 Å². The van der Waals surface area contributed by atoms with Crippen molar-refractivity contribution in [2.24, 2.45) is 5.92 Å². The summed E-state index contributed by atoms with van der Waals surface area (Å²) in [4.78, 5) is 12.9. The number of anilines is 1. The molecule has 1 atom stereocenters. The Kier molecular flexibility index (Phi) is 6.27. The van der Waals surface area contributed by atoms with Gasteiger partial charge in [0.05, 0.1) is 10.6 Å². The Morgan fingerprint density at radius 2 is 1.91 bits per heavy atom. The van der Waals surface area contributed by atoms with Gasteiger partial charge >= 0.3 is 0 Å². The first-order valence-electron chi connectivity index (χ1n) is 10.9. The largest absolute Gasteiger partial charge is 0.507 e. The van der Waals surface area contributed by atoms with Crippen LogP contribution >= 0.6 is 0 Å². The van der Waals surface area contributed by atoms with Crippen molar-refractivity contribution in [1.29, 1.82) is 0 Å². The normalized spacial score (nSPS) is 17.1. The Bertz CT molecular complexity index is 1280. The van der Waals surface area contributed by atoms with Crippen LogP contribution in [0.1, 0.15) is 41.4 Å². The van der Waals surface area contributed by atoms with Crippen LogP contribution in [0.15, 0.2) is 47.4 Å². The van der Waals surface area contributed by atoms with Gasteiger partial charge in [-0.1, -0.05) is 13.0 Å². The smallest absolute Gasteiger partial charge is 0.273 e. The van der Waals surface area contributed by atoms with Gasteiger partial charge in [0.15, 0.2) is 0 Å². The minimum atomic E-state index is -3.55. The summed E-state index contributed by atoms with van der Waals surface area (Å²) in [6.07, 6.45) is 1.90. The fraction of sp³-hybridized carbons (Fsp3) is 0.333. The summed E-state index contributed by atoms with van der Waals surface area (Å²) in [5.74, 6) is 0.0500. The molecule has 174 valence electrons. The number of aromatic nitrogens is 2. The number of aromatic amines is 1. The number of amides is 1. The summed E-state index contributed by atoms with van der Waals surface area (Å²) in [6.45, 7) is 6.85. The predicted octanol–water partition coefficient (Wildman–Crippen LogP) is 4.07. The quantitative estimate of drug-likeness (QED) is 0.522. The Hall–Kier alpha value is -3.17. The molecule has 1 aliphatic heterocycles. The lowest BCUT2D eigenvalue weighted by Gasteiger charge is -2.30. The molecule has 0 spiro atoms. The average Bonchev–Trinajstić information content (AvgIpc) is 3.27. The molecule has 33 heavy (non-hydrogen) atoms. The molecular formula is C24H28N4O4S. The SMILES string of the molecule is Cc1cc(C)c(O)c(-c2cc(C(=O)Nc3ccc(S(=O)(=O)N4CCC[C@@H](C)C4)cc3)[nH]n2)c1. The van der Waals surface area contributed by atoms with Gasteiger partial charge in [-0.3, -0.25) is 9.89 Å². The van der Waals surface area contributed by atoms with Crippen molar-refractivity contribution >= 4 is 21.6 Å². The fourth-order valence-corrected chi connectivity index (χ4v) is 5.75. The van der Waals surface area contributed by atoms with Crippen LogP contribution < -0.4 is 5.32 Å². The zero-order valence-corrected chi connectivity index (χ0v) is 19.7. The molecule has 1 saturated heterocycles. The standard InChI is InChI=1S/C24H28N4O4S/c1-15-5-4-10-28(14-15)33(31,32)19-8-6-18(7-9-19)25-24(30)22-13-21(26-27-22)20-12-16(2)11-17(3)23(20)29/h6-9,11-13,15,29H,4-5,10,14H2,1-3H3,(H,25,30)(H,26,27)/t15-/m1/s1. The van der Waals surface area contributed by atoms with Crippen molar-refractivity contribution < 1.29 is 18.3 Å². The van der Waals surface area contributed by atoms with Crippen LogP contribution in [-0.4, -0.2) is 47.0 Å². The molecule has 1 aliphatic rings. The molecule has 2 heterocycles. The van der Waals surface area contributed by atoms with Crippen molar-refractivity contribution in [3.8, 4) is 17.0 Å². The Morgan fingerprint density at radius 3 is 2.61 bits per heavy atom. The lowest BCUT2D eigenvalue weighted by Crippen LogP contribution is -2.39. The molecular weight excluding hydrogens is 440 g/mol. The number of carbonyl (C=O) groups is 1. The lowest BCUT2D eigenvalue weighted by atomic mass is 10.0. The number of phenolic OH excluding ortho intramolecular Hbond substituents is 1. The number of carbonyl (C=O) groups excluding carboxylic acids is 1. The lowest BCUT2D eigenvalue weighted by molar-refractivity contribution is 0.102. The summed E-state index contributed by atoms with van der Waals surface area (Å²) in [6, 6.07) is 11.4. The number of H-pyrrole nitrogens is 1. The molecule has 3 N–H and O–H groups in total. The van der Waals surface area contributed by atoms with E-state index in [0.717, 1.165) is 24.0 Å². The van der Waals surface area contributed by atoms with Crippen molar-refractivity contribution in [3.63, 3.8) is 0 Å². The first-order chi connectivity index (χ1) is 15.6. The van der Waals surface area contributed by atoms with E-state index in [4.69, 9.17) is 0 Å². The predicted molar refractivity (Wildman–Crippen MR) is 127 cm³/mol. The summed E-state index contributed by atoms with van der Waals surface area (Å²) in [5.41, 5.74) is 3.40. The Labute approximate surface area is 193 Å². The minimum absolute atomic E-state index is 0.124. The molecule has 8 nitrogen and oxygen atoms in total. The maximum atomic E-state index is 12.9. The molecule has 0 radical (unpaired) electrons. The monoisotopic (exact) mass is 468 g/mol. The summed E-state index contributed by atoms with van der Waals surface area (Å²) in [7, 11) is -3.55. The van der Waals surface area contributed by atoms with Crippen LogP contribution in [0.25, 0.3) is 11.3 Å². The number of piperidine rings is 1. The molecule has 2 aromatic carbocycles. The van der Waals surface area contributed by atoms with E-state index < -0.39 is 15.9 Å². The maximum Gasteiger partial charge on any atom is 0.273 e. The highest BCUT2D eigenvalue weighted by Crippen LogP contribution is 2.32. The number of phenols is 1. The molecule has 0 unspecified atom stereocenters. The number of aryl methyl sites for hydroxylation is 2. The van der Waals surface area contributed by atoms with Crippen LogP contribution in [-0.2, 0) is 10.0 Å². The summed E-state index contributed by atoms with van der Waals surface area (Å²) in [5, 5.41) is 20.0. The van der Waals surface area contributed by atoms with Gasteiger partial charge in [-0.15, -0.1) is 0 Å². The zero-order chi connectivity index (χ0) is 23.8. The number of sulfonamides is 1. The fourth-order valence-electron chi connectivity index (χ4n) is 4.15. The Morgan fingerprint density at radius 1 is 1.18 bits per heavy atom.